The second-order valence-electron chi connectivity index (χ2n) is 7.22. The molecule has 1 unspecified atom stereocenters. The topological polar surface area (TPSA) is 48.1 Å². The number of alkyl halides is 3. The first-order valence-corrected chi connectivity index (χ1v) is 8.94. The number of aromatic nitrogens is 3. The fourth-order valence-electron chi connectivity index (χ4n) is 4.33. The molecule has 1 N–H and O–H groups in total. The average molecular weight is 379 g/mol. The van der Waals surface area contributed by atoms with Gasteiger partial charge in [0.05, 0.1) is 17.3 Å². The van der Waals surface area contributed by atoms with Gasteiger partial charge < -0.3 is 4.90 Å². The molecule has 27 heavy (non-hydrogen) atoms. The molecule has 2 aliphatic heterocycles. The standard InChI is InChI=1S/C18H17F4N5/c19-14-7-15-11(6-13(14)18(20,21)22)12-8-23-25-16(12)17(24-15)27-5-4-26-3-1-2-10(26)9-27/h6-8,10H,1-5,9H2,(H,23,25). The SMILES string of the molecule is Fc1cc2nc(N3CCN4CCCC4C3)c3[nH]ncc3c2cc1C(F)(F)F. The van der Waals surface area contributed by atoms with Gasteiger partial charge in [-0.05, 0) is 25.5 Å². The first-order valence-electron chi connectivity index (χ1n) is 8.94. The Labute approximate surface area is 152 Å². The summed E-state index contributed by atoms with van der Waals surface area (Å²) in [5.74, 6) is -0.683. The highest BCUT2D eigenvalue weighted by atomic mass is 19.4. The van der Waals surface area contributed by atoms with E-state index in [-0.39, 0.29) is 10.9 Å². The van der Waals surface area contributed by atoms with Crippen molar-refractivity contribution >= 4 is 27.6 Å². The van der Waals surface area contributed by atoms with Gasteiger partial charge in [-0.25, -0.2) is 9.37 Å². The summed E-state index contributed by atoms with van der Waals surface area (Å²) in [6.07, 6.45) is -0.979. The van der Waals surface area contributed by atoms with Crippen LogP contribution in [-0.2, 0) is 6.18 Å². The van der Waals surface area contributed by atoms with Crippen molar-refractivity contribution in [2.75, 3.05) is 31.1 Å². The highest BCUT2D eigenvalue weighted by molar-refractivity contribution is 6.08. The Hall–Kier alpha value is -2.42. The van der Waals surface area contributed by atoms with E-state index < -0.39 is 17.6 Å². The highest BCUT2D eigenvalue weighted by Gasteiger charge is 2.35. The summed E-state index contributed by atoms with van der Waals surface area (Å²) in [5, 5.41) is 7.65. The second kappa shape index (κ2) is 5.79. The first kappa shape index (κ1) is 16.7. The maximum atomic E-state index is 14.1. The zero-order valence-corrected chi connectivity index (χ0v) is 14.4. The number of hydrogen-bond acceptors (Lipinski definition) is 4. The van der Waals surface area contributed by atoms with Crippen molar-refractivity contribution in [2.45, 2.75) is 25.1 Å². The number of nitrogens with zero attached hydrogens (tertiary/aromatic N) is 4. The number of piperazine rings is 1. The molecule has 4 heterocycles. The predicted octanol–water partition coefficient (Wildman–Crippen LogP) is 3.55. The van der Waals surface area contributed by atoms with Gasteiger partial charge >= 0.3 is 6.18 Å². The predicted molar refractivity (Wildman–Crippen MR) is 93.2 cm³/mol. The van der Waals surface area contributed by atoms with E-state index in [9.17, 15) is 17.6 Å². The fraction of sp³-hybridized carbons (Fsp3) is 0.444. The Morgan fingerprint density at radius 3 is 2.78 bits per heavy atom. The van der Waals surface area contributed by atoms with Gasteiger partial charge in [-0.15, -0.1) is 0 Å². The van der Waals surface area contributed by atoms with E-state index >= 15 is 0 Å². The molecule has 1 aromatic carbocycles. The van der Waals surface area contributed by atoms with E-state index in [1.54, 1.807) is 0 Å². The third kappa shape index (κ3) is 2.63. The Balaban J connectivity index is 1.66. The fourth-order valence-corrected chi connectivity index (χ4v) is 4.33. The van der Waals surface area contributed by atoms with Gasteiger partial charge in [0.1, 0.15) is 11.3 Å². The van der Waals surface area contributed by atoms with Crippen LogP contribution in [0.2, 0.25) is 0 Å². The van der Waals surface area contributed by atoms with Gasteiger partial charge in [-0.3, -0.25) is 10.00 Å². The zero-order chi connectivity index (χ0) is 18.8. The maximum absolute atomic E-state index is 14.1. The van der Waals surface area contributed by atoms with Crippen LogP contribution in [0, 0.1) is 5.82 Å². The van der Waals surface area contributed by atoms with E-state index in [1.165, 1.54) is 12.6 Å². The Morgan fingerprint density at radius 2 is 1.96 bits per heavy atom. The van der Waals surface area contributed by atoms with Gasteiger partial charge in [-0.2, -0.15) is 18.3 Å². The Kier molecular flexibility index (Phi) is 3.59. The Bertz CT molecular complexity index is 1030. The molecule has 142 valence electrons. The van der Waals surface area contributed by atoms with Crippen molar-refractivity contribution in [3.8, 4) is 0 Å². The van der Waals surface area contributed by atoms with E-state index in [1.807, 2.05) is 0 Å². The molecule has 2 aromatic heterocycles. The number of benzene rings is 1. The number of nitrogens with one attached hydrogen (secondary N) is 1. The molecule has 0 saturated carbocycles. The smallest absolute Gasteiger partial charge is 0.352 e. The molecule has 1 atom stereocenters. The van der Waals surface area contributed by atoms with Crippen LogP contribution in [0.15, 0.2) is 18.3 Å². The lowest BCUT2D eigenvalue weighted by molar-refractivity contribution is -0.139. The van der Waals surface area contributed by atoms with Gasteiger partial charge in [0.25, 0.3) is 0 Å². The molecular formula is C18H17F4N5. The minimum absolute atomic E-state index is 0.207. The molecule has 2 saturated heterocycles. The lowest BCUT2D eigenvalue weighted by Gasteiger charge is -2.38. The van der Waals surface area contributed by atoms with Crippen LogP contribution in [0.5, 0.6) is 0 Å². The monoisotopic (exact) mass is 379 g/mol. The van der Waals surface area contributed by atoms with E-state index in [0.717, 1.165) is 44.7 Å². The average Bonchev–Trinajstić information content (AvgIpc) is 3.28. The lowest BCUT2D eigenvalue weighted by atomic mass is 10.1. The number of rotatable bonds is 1. The number of H-pyrrole nitrogens is 1. The Morgan fingerprint density at radius 1 is 1.11 bits per heavy atom. The van der Waals surface area contributed by atoms with Gasteiger partial charge in [0.2, 0.25) is 0 Å². The van der Waals surface area contributed by atoms with Crippen molar-refractivity contribution in [2.24, 2.45) is 0 Å². The molecule has 9 heteroatoms. The first-order chi connectivity index (χ1) is 12.9. The van der Waals surface area contributed by atoms with Gasteiger partial charge in [-0.1, -0.05) is 0 Å². The molecule has 0 amide bonds. The van der Waals surface area contributed by atoms with E-state index in [4.69, 9.17) is 0 Å². The molecular weight excluding hydrogens is 362 g/mol. The molecule has 0 aliphatic carbocycles. The lowest BCUT2D eigenvalue weighted by Crippen LogP contribution is -2.50. The summed E-state index contributed by atoms with van der Waals surface area (Å²) < 4.78 is 53.4. The van der Waals surface area contributed by atoms with Crippen LogP contribution < -0.4 is 4.90 Å². The number of anilines is 1. The number of fused-ring (bicyclic) bond motifs is 4. The highest BCUT2D eigenvalue weighted by Crippen LogP contribution is 2.37. The number of halogens is 4. The molecule has 0 radical (unpaired) electrons. The maximum Gasteiger partial charge on any atom is 0.419 e. The zero-order valence-electron chi connectivity index (χ0n) is 14.4. The van der Waals surface area contributed by atoms with Crippen LogP contribution >= 0.6 is 0 Å². The van der Waals surface area contributed by atoms with Crippen LogP contribution in [0.3, 0.4) is 0 Å². The van der Waals surface area contributed by atoms with Crippen molar-refractivity contribution in [3.05, 3.63) is 29.7 Å². The summed E-state index contributed by atoms with van der Waals surface area (Å²) in [5.41, 5.74) is -0.487. The summed E-state index contributed by atoms with van der Waals surface area (Å²) in [6, 6.07) is 2.16. The van der Waals surface area contributed by atoms with Crippen LogP contribution in [0.4, 0.5) is 23.4 Å². The quantitative estimate of drug-likeness (QED) is 0.657. The minimum atomic E-state index is -4.76. The summed E-state index contributed by atoms with van der Waals surface area (Å²) in [7, 11) is 0. The van der Waals surface area contributed by atoms with Crippen LogP contribution in [0.1, 0.15) is 18.4 Å². The third-order valence-electron chi connectivity index (χ3n) is 5.66. The molecule has 2 fully saturated rings. The molecule has 5 nitrogen and oxygen atoms in total. The third-order valence-corrected chi connectivity index (χ3v) is 5.66. The van der Waals surface area contributed by atoms with Gasteiger partial charge in [0.15, 0.2) is 5.82 Å². The summed E-state index contributed by atoms with van der Waals surface area (Å²) in [6.45, 7) is 3.60. The summed E-state index contributed by atoms with van der Waals surface area (Å²) in [4.78, 5) is 9.11. The van der Waals surface area contributed by atoms with Crippen LogP contribution in [-0.4, -0.2) is 52.3 Å². The normalized spacial score (nSPS) is 21.3. The van der Waals surface area contributed by atoms with Crippen LogP contribution in [0.25, 0.3) is 21.8 Å². The molecule has 5 rings (SSSR count). The van der Waals surface area contributed by atoms with E-state index in [0.29, 0.717) is 22.8 Å². The summed E-state index contributed by atoms with van der Waals surface area (Å²) >= 11 is 0. The number of aromatic amines is 1. The van der Waals surface area contributed by atoms with Crippen molar-refractivity contribution in [1.82, 2.24) is 20.1 Å². The number of hydrogen-bond donors (Lipinski definition) is 1. The van der Waals surface area contributed by atoms with Crippen molar-refractivity contribution in [3.63, 3.8) is 0 Å². The van der Waals surface area contributed by atoms with E-state index in [2.05, 4.69) is 25.0 Å². The second-order valence-corrected chi connectivity index (χ2v) is 7.22. The largest absolute Gasteiger partial charge is 0.419 e. The van der Waals surface area contributed by atoms with Gasteiger partial charge in [0, 0.05) is 42.5 Å². The van der Waals surface area contributed by atoms with Crippen molar-refractivity contribution < 1.29 is 17.6 Å². The number of pyridine rings is 1. The molecule has 0 bridgehead atoms. The molecule has 3 aromatic rings. The minimum Gasteiger partial charge on any atom is -0.352 e. The van der Waals surface area contributed by atoms with Crippen molar-refractivity contribution in [1.29, 1.82) is 0 Å². The molecule has 2 aliphatic rings. The molecule has 0 spiro atoms.